The van der Waals surface area contributed by atoms with E-state index in [4.69, 9.17) is 0 Å². The van der Waals surface area contributed by atoms with Gasteiger partial charge < -0.3 is 15.1 Å². The minimum atomic E-state index is -0.369. The second kappa shape index (κ2) is 9.64. The third-order valence-electron chi connectivity index (χ3n) is 3.08. The second-order valence-electron chi connectivity index (χ2n) is 4.70. The smallest absolute Gasteiger partial charge is 0.235 e. The summed E-state index contributed by atoms with van der Waals surface area (Å²) in [5.74, 6) is -0.0371. The fraction of sp³-hybridized carbons (Fsp3) is 0.923. The molecule has 0 bridgehead atoms. The fourth-order valence-corrected chi connectivity index (χ4v) is 1.78. The van der Waals surface area contributed by atoms with E-state index in [1.165, 1.54) is 0 Å². The zero-order valence-corrected chi connectivity index (χ0v) is 12.6. The quantitative estimate of drug-likeness (QED) is 0.559. The molecule has 0 aliphatic heterocycles. The van der Waals surface area contributed by atoms with Gasteiger partial charge in [-0.05, 0) is 32.6 Å². The summed E-state index contributed by atoms with van der Waals surface area (Å²) >= 11 is 4.15. The maximum atomic E-state index is 11.9. The van der Waals surface area contributed by atoms with Gasteiger partial charge in [0, 0.05) is 13.1 Å². The lowest BCUT2D eigenvalue weighted by Gasteiger charge is -2.26. The summed E-state index contributed by atoms with van der Waals surface area (Å²) in [4.78, 5) is 13.6. The molecule has 0 aliphatic rings. The molecule has 4 nitrogen and oxygen atoms in total. The molecule has 0 aromatic heterocycles. The molecule has 3 atom stereocenters. The van der Waals surface area contributed by atoms with Crippen LogP contribution in [-0.2, 0) is 4.79 Å². The van der Waals surface area contributed by atoms with Crippen molar-refractivity contribution in [1.82, 2.24) is 4.90 Å². The van der Waals surface area contributed by atoms with E-state index in [1.807, 2.05) is 13.8 Å². The van der Waals surface area contributed by atoms with E-state index < -0.39 is 0 Å². The number of carbonyl (C=O) groups excluding carboxylic acids is 1. The van der Waals surface area contributed by atoms with Crippen molar-refractivity contribution in [2.24, 2.45) is 0 Å². The van der Waals surface area contributed by atoms with E-state index in [0.717, 1.165) is 0 Å². The van der Waals surface area contributed by atoms with Crippen LogP contribution in [0.1, 0.15) is 46.5 Å². The van der Waals surface area contributed by atoms with Crippen LogP contribution < -0.4 is 0 Å². The van der Waals surface area contributed by atoms with Crippen molar-refractivity contribution in [3.63, 3.8) is 0 Å². The van der Waals surface area contributed by atoms with Gasteiger partial charge in [-0.1, -0.05) is 13.8 Å². The maximum absolute atomic E-state index is 11.9. The molecule has 0 spiro atoms. The fourth-order valence-electron chi connectivity index (χ4n) is 1.61. The second-order valence-corrected chi connectivity index (χ2v) is 5.48. The molecule has 0 aromatic rings. The van der Waals surface area contributed by atoms with Crippen LogP contribution in [0.3, 0.4) is 0 Å². The number of hydrogen-bond donors (Lipinski definition) is 3. The van der Waals surface area contributed by atoms with E-state index in [2.05, 4.69) is 12.6 Å². The standard InChI is InChI=1S/C13H27NO3S/c1-4-11(15)6-8-14(13(17)10(3)18)9-7-12(16)5-2/h10-12,15-16,18H,4-9H2,1-3H3. The molecule has 0 heterocycles. The van der Waals surface area contributed by atoms with Crippen molar-refractivity contribution in [2.45, 2.75) is 63.9 Å². The third kappa shape index (κ3) is 7.24. The molecule has 0 radical (unpaired) electrons. The topological polar surface area (TPSA) is 60.8 Å². The Hall–Kier alpha value is -0.260. The van der Waals surface area contributed by atoms with E-state index >= 15 is 0 Å². The van der Waals surface area contributed by atoms with Gasteiger partial charge >= 0.3 is 0 Å². The molecule has 5 heteroatoms. The van der Waals surface area contributed by atoms with Crippen LogP contribution in [-0.4, -0.2) is 51.6 Å². The molecule has 108 valence electrons. The number of rotatable bonds is 9. The number of hydrogen-bond acceptors (Lipinski definition) is 4. The van der Waals surface area contributed by atoms with Crippen molar-refractivity contribution in [3.05, 3.63) is 0 Å². The van der Waals surface area contributed by atoms with Crippen LogP contribution in [0.4, 0.5) is 0 Å². The average molecular weight is 277 g/mol. The summed E-state index contributed by atoms with van der Waals surface area (Å²) in [6.07, 6.45) is 1.79. The highest BCUT2D eigenvalue weighted by Crippen LogP contribution is 2.08. The Balaban J connectivity index is 4.29. The van der Waals surface area contributed by atoms with Crippen molar-refractivity contribution in [3.8, 4) is 0 Å². The molecule has 0 fully saturated rings. The Morgan fingerprint density at radius 2 is 1.50 bits per heavy atom. The van der Waals surface area contributed by atoms with Crippen LogP contribution in [0.15, 0.2) is 0 Å². The van der Waals surface area contributed by atoms with Crippen molar-refractivity contribution < 1.29 is 15.0 Å². The summed E-state index contributed by atoms with van der Waals surface area (Å²) in [7, 11) is 0. The van der Waals surface area contributed by atoms with Crippen LogP contribution in [0.5, 0.6) is 0 Å². The zero-order valence-electron chi connectivity index (χ0n) is 11.7. The molecule has 0 saturated heterocycles. The highest BCUT2D eigenvalue weighted by molar-refractivity contribution is 7.81. The van der Waals surface area contributed by atoms with Crippen LogP contribution in [0.25, 0.3) is 0 Å². The Bertz CT molecular complexity index is 222. The van der Waals surface area contributed by atoms with E-state index in [-0.39, 0.29) is 23.4 Å². The molecule has 18 heavy (non-hydrogen) atoms. The van der Waals surface area contributed by atoms with Gasteiger partial charge in [0.1, 0.15) is 0 Å². The Morgan fingerprint density at radius 1 is 1.11 bits per heavy atom. The largest absolute Gasteiger partial charge is 0.393 e. The van der Waals surface area contributed by atoms with Gasteiger partial charge in [0.15, 0.2) is 0 Å². The van der Waals surface area contributed by atoms with E-state index in [9.17, 15) is 15.0 Å². The van der Waals surface area contributed by atoms with Gasteiger partial charge in [0.05, 0.1) is 17.5 Å². The number of thiol groups is 1. The lowest BCUT2D eigenvalue weighted by molar-refractivity contribution is -0.130. The zero-order chi connectivity index (χ0) is 14.1. The molecule has 2 N–H and O–H groups in total. The number of aliphatic hydroxyl groups excluding tert-OH is 2. The first-order chi connectivity index (χ1) is 8.42. The van der Waals surface area contributed by atoms with E-state index in [1.54, 1.807) is 11.8 Å². The Kier molecular flexibility index (Phi) is 9.50. The molecular weight excluding hydrogens is 250 g/mol. The van der Waals surface area contributed by atoms with Crippen molar-refractivity contribution in [2.75, 3.05) is 13.1 Å². The van der Waals surface area contributed by atoms with Crippen LogP contribution >= 0.6 is 12.6 Å². The molecular formula is C13H27NO3S. The Labute approximate surface area is 116 Å². The molecule has 1 amide bonds. The lowest BCUT2D eigenvalue weighted by Crippen LogP contribution is -2.39. The summed E-state index contributed by atoms with van der Waals surface area (Å²) in [6, 6.07) is 0. The van der Waals surface area contributed by atoms with Crippen molar-refractivity contribution in [1.29, 1.82) is 0 Å². The molecule has 3 unspecified atom stereocenters. The lowest BCUT2D eigenvalue weighted by atomic mass is 10.1. The minimum Gasteiger partial charge on any atom is -0.393 e. The van der Waals surface area contributed by atoms with Gasteiger partial charge in [-0.25, -0.2) is 0 Å². The van der Waals surface area contributed by atoms with Gasteiger partial charge in [0.2, 0.25) is 5.91 Å². The van der Waals surface area contributed by atoms with Gasteiger partial charge in [-0.3, -0.25) is 4.79 Å². The molecule has 0 aliphatic carbocycles. The summed E-state index contributed by atoms with van der Waals surface area (Å²) < 4.78 is 0. The number of carbonyl (C=O) groups is 1. The third-order valence-corrected chi connectivity index (χ3v) is 3.30. The maximum Gasteiger partial charge on any atom is 0.235 e. The van der Waals surface area contributed by atoms with Gasteiger partial charge in [0.25, 0.3) is 0 Å². The van der Waals surface area contributed by atoms with Crippen LogP contribution in [0.2, 0.25) is 0 Å². The highest BCUT2D eigenvalue weighted by Gasteiger charge is 2.19. The van der Waals surface area contributed by atoms with E-state index in [0.29, 0.717) is 38.8 Å². The van der Waals surface area contributed by atoms with Gasteiger partial charge in [-0.2, -0.15) is 12.6 Å². The molecule has 0 saturated carbocycles. The SMILES string of the molecule is CCC(O)CCN(CCC(O)CC)C(=O)C(C)S. The normalized spacial score (nSPS) is 16.1. The highest BCUT2D eigenvalue weighted by atomic mass is 32.1. The summed E-state index contributed by atoms with van der Waals surface area (Å²) in [5.41, 5.74) is 0. The molecule has 0 rings (SSSR count). The number of nitrogens with zero attached hydrogens (tertiary/aromatic N) is 1. The predicted octanol–water partition coefficient (Wildman–Crippen LogP) is 1.46. The minimum absolute atomic E-state index is 0.0371. The number of amides is 1. The first kappa shape index (κ1) is 17.7. The predicted molar refractivity (Wildman–Crippen MR) is 76.9 cm³/mol. The number of aliphatic hydroxyl groups is 2. The monoisotopic (exact) mass is 277 g/mol. The first-order valence-electron chi connectivity index (χ1n) is 6.75. The first-order valence-corrected chi connectivity index (χ1v) is 7.26. The van der Waals surface area contributed by atoms with Gasteiger partial charge in [-0.15, -0.1) is 0 Å². The molecule has 0 aromatic carbocycles. The average Bonchev–Trinajstić information content (AvgIpc) is 2.36. The summed E-state index contributed by atoms with van der Waals surface area (Å²) in [6.45, 7) is 6.62. The summed E-state index contributed by atoms with van der Waals surface area (Å²) in [5, 5.41) is 18.7. The van der Waals surface area contributed by atoms with Crippen LogP contribution in [0, 0.1) is 0 Å². The van der Waals surface area contributed by atoms with Crippen molar-refractivity contribution >= 4 is 18.5 Å². The Morgan fingerprint density at radius 3 is 1.78 bits per heavy atom.